The molecule has 2 aliphatic rings. The molecule has 5 heteroatoms. The summed E-state index contributed by atoms with van der Waals surface area (Å²) in [5.41, 5.74) is 24.6. The molecule has 18 aromatic rings. The zero-order valence-corrected chi connectivity index (χ0v) is 51.2. The van der Waals surface area contributed by atoms with Crippen LogP contribution in [0.1, 0.15) is 11.0 Å². The summed E-state index contributed by atoms with van der Waals surface area (Å²) >= 11 is 0. The van der Waals surface area contributed by atoms with E-state index in [2.05, 4.69) is 293 Å². The number of aromatic nitrogens is 2. The average molecular weight is 1210 g/mol. The highest BCUT2D eigenvalue weighted by Crippen LogP contribution is 2.54. The van der Waals surface area contributed by atoms with Crippen molar-refractivity contribution in [1.82, 2.24) is 8.97 Å². The van der Waals surface area contributed by atoms with Gasteiger partial charge in [-0.05, 0) is 122 Å². The van der Waals surface area contributed by atoms with Crippen LogP contribution in [-0.2, 0) is 0 Å². The second-order valence-corrected chi connectivity index (χ2v) is 24.9. The lowest BCUT2D eigenvalue weighted by Crippen LogP contribution is -2.61. The summed E-state index contributed by atoms with van der Waals surface area (Å²) in [6, 6.07) is 103. The van der Waals surface area contributed by atoms with Gasteiger partial charge in [0, 0.05) is 83.0 Å². The molecule has 3 aromatic heterocycles. The molecule has 0 atom stereocenters. The van der Waals surface area contributed by atoms with Gasteiger partial charge in [0.1, 0.15) is 0 Å². The van der Waals surface area contributed by atoms with Crippen molar-refractivity contribution < 1.29 is 11.0 Å². The van der Waals surface area contributed by atoms with Gasteiger partial charge < -0.3 is 18.8 Å². The van der Waals surface area contributed by atoms with Gasteiger partial charge in [-0.2, -0.15) is 0 Å². The van der Waals surface area contributed by atoms with Gasteiger partial charge in [-0.25, -0.2) is 0 Å². The predicted octanol–water partition coefficient (Wildman–Crippen LogP) is 22.0. The fourth-order valence-electron chi connectivity index (χ4n) is 15.8. The van der Waals surface area contributed by atoms with Gasteiger partial charge in [0.05, 0.1) is 49.9 Å². The van der Waals surface area contributed by atoms with Gasteiger partial charge in [0.15, 0.2) is 0 Å². The fourth-order valence-corrected chi connectivity index (χ4v) is 15.8. The van der Waals surface area contributed by atoms with Crippen LogP contribution in [0.5, 0.6) is 0 Å². The van der Waals surface area contributed by atoms with Crippen LogP contribution in [0.25, 0.3) is 132 Å². The minimum Gasteiger partial charge on any atom is -0.310 e. The van der Waals surface area contributed by atoms with Crippen molar-refractivity contribution >= 4 is 117 Å². The van der Waals surface area contributed by atoms with Crippen LogP contribution in [0, 0.1) is 0 Å². The van der Waals surface area contributed by atoms with E-state index in [9.17, 15) is 8.22 Å². The number of hydrogen-bond acceptors (Lipinski definition) is 2. The largest absolute Gasteiger partial charge is 0.310 e. The first-order valence-electron chi connectivity index (χ1n) is 36.3. The molecule has 0 unspecified atom stereocenters. The number of nitrogens with zero attached hydrogens (tertiary/aromatic N) is 4. The molecule has 0 spiro atoms. The van der Waals surface area contributed by atoms with Gasteiger partial charge in [-0.3, -0.25) is 0 Å². The molecule has 15 aromatic carbocycles. The predicted molar refractivity (Wildman–Crippen MR) is 402 cm³/mol. The Morgan fingerprint density at radius 1 is 0.263 bits per heavy atom. The molecule has 0 saturated heterocycles. The van der Waals surface area contributed by atoms with Gasteiger partial charge >= 0.3 is 0 Å². The number of anilines is 6. The van der Waals surface area contributed by atoms with Crippen LogP contribution in [0.4, 0.5) is 34.1 Å². The molecule has 0 radical (unpaired) electrons. The van der Waals surface area contributed by atoms with Crippen LogP contribution in [0.3, 0.4) is 0 Å². The highest BCUT2D eigenvalue weighted by atomic mass is 15.2. The molecule has 95 heavy (non-hydrogen) atoms. The number of benzene rings is 15. The summed E-state index contributed by atoms with van der Waals surface area (Å²) < 4.78 is 79.0. The van der Waals surface area contributed by atoms with E-state index in [0.717, 1.165) is 123 Å². The number of para-hydroxylation sites is 6. The molecule has 0 amide bonds. The van der Waals surface area contributed by atoms with Crippen molar-refractivity contribution in [2.75, 3.05) is 9.80 Å². The quantitative estimate of drug-likeness (QED) is 0.134. The summed E-state index contributed by atoms with van der Waals surface area (Å²) in [5.74, 6) is 0. The van der Waals surface area contributed by atoms with Crippen LogP contribution in [-0.4, -0.2) is 15.7 Å². The molecule has 4 nitrogen and oxygen atoms in total. The van der Waals surface area contributed by atoms with Crippen molar-refractivity contribution in [2.24, 2.45) is 0 Å². The highest BCUT2D eigenvalue weighted by molar-refractivity contribution is 7.00. The van der Waals surface area contributed by atoms with E-state index in [4.69, 9.17) is 2.74 Å². The summed E-state index contributed by atoms with van der Waals surface area (Å²) in [5, 5.41) is 4.83. The molecule has 0 fully saturated rings. The lowest BCUT2D eigenvalue weighted by molar-refractivity contribution is 1.17. The first kappa shape index (κ1) is 45.8. The average Bonchev–Trinajstić information content (AvgIpc) is 0.796. The number of rotatable bonds is 9. The molecule has 440 valence electrons. The maximum absolute atomic E-state index is 9.76. The molecular formula is C90H57BN4. The van der Waals surface area contributed by atoms with Gasteiger partial charge in [-0.15, -0.1) is 0 Å². The highest BCUT2D eigenvalue weighted by Gasteiger charge is 2.46. The standard InChI is InChI=1S/C90H57BN4/c1-6-25-58(26-7-1)65-55-85-87-86(56-65)95(89-69(61-31-12-4-13-32-61)40-23-41-70(89)62-33-14-5-15-34-62)84-57-66(92-79-44-19-16-35-71(79)72-36-17-20-45-80(72)92)49-51-78(84)91(87)77-50-47-64(63-48-52-82-76(53-63)75-43-24-42-74-73-37-18-21-46-81(73)93(82)90(74)75)54-83(77)94(85)88-67(59-27-8-2-9-28-59)38-22-39-68(88)60-29-10-3-11-30-60/h1-57H/i16D,17D,19D,20D,35D,36D,44D,45D. The number of hydrogen-bond donors (Lipinski definition) is 0. The zero-order chi connectivity index (χ0) is 69.2. The first-order chi connectivity index (χ1) is 50.5. The SMILES string of the molecule is [2H]c1c([2H])c([2H])c2c(c1[2H])c1c([2H])c([2H])c([2H])c([2H])c1n2-c1ccc2c(c1)N(c1c(-c3ccccc3)cccc1-c1ccccc1)c1cc(-c3ccccc3)cc3c1B2c1ccc(-c2ccc4c(c2)c2cccc5c6ccccc6n4c52)cc1N3c1c(-c2ccccc2)cccc1-c1ccccc1. The summed E-state index contributed by atoms with van der Waals surface area (Å²) in [4.78, 5) is 4.96. The van der Waals surface area contributed by atoms with Crippen LogP contribution < -0.4 is 26.2 Å². The van der Waals surface area contributed by atoms with Crippen molar-refractivity contribution in [3.8, 4) is 72.4 Å². The summed E-state index contributed by atoms with van der Waals surface area (Å²) in [6.07, 6.45) is 0. The third kappa shape index (κ3) is 8.03. The molecule has 20 rings (SSSR count). The van der Waals surface area contributed by atoms with Crippen molar-refractivity contribution in [3.05, 3.63) is 346 Å². The smallest absolute Gasteiger partial charge is 0.252 e. The second kappa shape index (κ2) is 21.1. The van der Waals surface area contributed by atoms with E-state index in [1.54, 1.807) is 4.57 Å². The van der Waals surface area contributed by atoms with E-state index in [1.807, 2.05) is 18.2 Å². The Morgan fingerprint density at radius 3 is 1.22 bits per heavy atom. The lowest BCUT2D eigenvalue weighted by atomic mass is 9.33. The third-order valence-electron chi connectivity index (χ3n) is 19.9. The Hall–Kier alpha value is -12.4. The second-order valence-electron chi connectivity index (χ2n) is 24.9. The lowest BCUT2D eigenvalue weighted by Gasteiger charge is -2.46. The Morgan fingerprint density at radius 2 is 0.674 bits per heavy atom. The maximum Gasteiger partial charge on any atom is 0.252 e. The van der Waals surface area contributed by atoms with Gasteiger partial charge in [0.2, 0.25) is 0 Å². The van der Waals surface area contributed by atoms with Crippen LogP contribution in [0.15, 0.2) is 346 Å². The Labute approximate surface area is 562 Å². The Balaban J connectivity index is 0.949. The molecule has 0 bridgehead atoms. The monoisotopic (exact) mass is 1210 g/mol. The zero-order valence-electron chi connectivity index (χ0n) is 59.2. The molecule has 2 aliphatic heterocycles. The minimum atomic E-state index is -0.499. The molecule has 0 N–H and O–H groups in total. The molecule has 0 saturated carbocycles. The minimum absolute atomic E-state index is 0.0109. The molecule has 0 aliphatic carbocycles. The van der Waals surface area contributed by atoms with E-state index >= 15 is 0 Å². The van der Waals surface area contributed by atoms with Crippen molar-refractivity contribution in [1.29, 1.82) is 0 Å². The Bertz CT molecular complexity index is 6410. The Kier molecular flexibility index (Phi) is 10.1. The van der Waals surface area contributed by atoms with Gasteiger partial charge in [-0.1, -0.05) is 285 Å². The van der Waals surface area contributed by atoms with E-state index in [-0.39, 0.29) is 33.9 Å². The molecule has 5 heterocycles. The topological polar surface area (TPSA) is 15.8 Å². The number of fused-ring (bicyclic) bond motifs is 13. The van der Waals surface area contributed by atoms with Crippen LogP contribution >= 0.6 is 0 Å². The van der Waals surface area contributed by atoms with E-state index < -0.39 is 43.0 Å². The van der Waals surface area contributed by atoms with Crippen molar-refractivity contribution in [2.45, 2.75) is 0 Å². The van der Waals surface area contributed by atoms with Crippen molar-refractivity contribution in [3.63, 3.8) is 0 Å². The van der Waals surface area contributed by atoms with Crippen LogP contribution in [0.2, 0.25) is 0 Å². The van der Waals surface area contributed by atoms with E-state index in [0.29, 0.717) is 5.69 Å². The maximum atomic E-state index is 9.76. The van der Waals surface area contributed by atoms with Gasteiger partial charge in [0.25, 0.3) is 6.71 Å². The normalized spacial score (nSPS) is 13.7. The molecular weight excluding hydrogens is 1150 g/mol. The fraction of sp³-hybridized carbons (Fsp3) is 0. The summed E-state index contributed by atoms with van der Waals surface area (Å²) in [6.45, 7) is -0.479. The van der Waals surface area contributed by atoms with E-state index in [1.165, 1.54) is 32.6 Å². The third-order valence-corrected chi connectivity index (χ3v) is 19.9. The summed E-state index contributed by atoms with van der Waals surface area (Å²) in [7, 11) is 0. The first-order valence-corrected chi connectivity index (χ1v) is 32.3.